The molecule has 0 amide bonds. The molecule has 202 valence electrons. The lowest BCUT2D eigenvalue weighted by Gasteiger charge is -2.58. The standard InChI is InChI=1S/C27H39Cl7O/c1-16(5-4-12-25(28,26(29,30)31)27(32,33)34)20-8-9-21-19-7-6-17-15-18(35)10-13-23(17,2)22(19)11-14-24(20,21)3/h6,16,18-22,35H,4-5,7-15H2,1-3H3/t16-,18+,19+,20-,21+,22+,23+,24-/m1/s1. The van der Waals surface area contributed by atoms with Gasteiger partial charge in [-0.05, 0) is 98.2 Å². The van der Waals surface area contributed by atoms with E-state index in [4.69, 9.17) is 81.2 Å². The first kappa shape index (κ1) is 29.7. The average molecular weight is 628 g/mol. The third kappa shape index (κ3) is 5.16. The smallest absolute Gasteiger partial charge is 0.213 e. The second-order valence-electron chi connectivity index (χ2n) is 12.6. The van der Waals surface area contributed by atoms with Crippen LogP contribution in [0.2, 0.25) is 0 Å². The number of aliphatic hydroxyl groups is 1. The molecule has 4 rings (SSSR count). The quantitative estimate of drug-likeness (QED) is 0.238. The summed E-state index contributed by atoms with van der Waals surface area (Å²) in [6, 6.07) is 0. The van der Waals surface area contributed by atoms with Crippen LogP contribution in [0.3, 0.4) is 0 Å². The molecule has 0 saturated heterocycles. The highest BCUT2D eigenvalue weighted by molar-refractivity contribution is 6.77. The fraction of sp³-hybridized carbons (Fsp3) is 0.926. The van der Waals surface area contributed by atoms with Gasteiger partial charge in [0.05, 0.1) is 6.10 Å². The van der Waals surface area contributed by atoms with Crippen LogP contribution in [0, 0.1) is 40.4 Å². The molecule has 0 aromatic heterocycles. The van der Waals surface area contributed by atoms with Gasteiger partial charge in [-0.25, -0.2) is 0 Å². The maximum Gasteiger partial charge on any atom is 0.213 e. The average Bonchev–Trinajstić information content (AvgIpc) is 3.09. The number of fused-ring (bicyclic) bond motifs is 5. The zero-order chi connectivity index (χ0) is 26.0. The van der Waals surface area contributed by atoms with Crippen molar-refractivity contribution in [2.75, 3.05) is 0 Å². The van der Waals surface area contributed by atoms with Crippen molar-refractivity contribution in [3.05, 3.63) is 11.6 Å². The monoisotopic (exact) mass is 624 g/mol. The summed E-state index contributed by atoms with van der Waals surface area (Å²) in [5.74, 6) is 3.49. The van der Waals surface area contributed by atoms with Crippen molar-refractivity contribution in [1.29, 1.82) is 0 Å². The van der Waals surface area contributed by atoms with Gasteiger partial charge in [-0.2, -0.15) is 0 Å². The third-order valence-electron chi connectivity index (χ3n) is 10.9. The van der Waals surface area contributed by atoms with Crippen LogP contribution in [-0.4, -0.2) is 23.7 Å². The van der Waals surface area contributed by atoms with Gasteiger partial charge in [0.25, 0.3) is 0 Å². The van der Waals surface area contributed by atoms with Crippen LogP contribution in [0.15, 0.2) is 11.6 Å². The summed E-state index contributed by atoms with van der Waals surface area (Å²) in [7, 11) is 0. The molecular formula is C27H39Cl7O. The topological polar surface area (TPSA) is 20.2 Å². The molecule has 0 heterocycles. The maximum absolute atomic E-state index is 10.3. The number of alkyl halides is 7. The summed E-state index contributed by atoms with van der Waals surface area (Å²) in [6.07, 6.45) is 13.7. The maximum atomic E-state index is 10.3. The Morgan fingerprint density at radius 3 is 2.23 bits per heavy atom. The number of halogens is 7. The van der Waals surface area contributed by atoms with Crippen molar-refractivity contribution >= 4 is 81.2 Å². The number of aliphatic hydroxyl groups excluding tert-OH is 1. The van der Waals surface area contributed by atoms with Gasteiger partial charge in [-0.15, -0.1) is 11.6 Å². The van der Waals surface area contributed by atoms with Crippen molar-refractivity contribution in [2.45, 2.75) is 110 Å². The molecule has 0 aliphatic heterocycles. The normalized spacial score (nSPS) is 41.0. The first-order chi connectivity index (χ1) is 16.0. The molecule has 1 nitrogen and oxygen atoms in total. The SMILES string of the molecule is C[C@H](CCCC(Cl)(C(Cl)(Cl)Cl)C(Cl)(Cl)Cl)[C@H]1CC[C@H]2[C@@H]3CC=C4C[C@@H](O)CC[C@]4(C)[C@H]3CC[C@]12C. The lowest BCUT2D eigenvalue weighted by molar-refractivity contribution is -0.0573. The van der Waals surface area contributed by atoms with Gasteiger partial charge < -0.3 is 5.11 Å². The summed E-state index contributed by atoms with van der Waals surface area (Å²) >= 11 is 43.5. The Kier molecular flexibility index (Phi) is 8.73. The minimum absolute atomic E-state index is 0.147. The van der Waals surface area contributed by atoms with Crippen LogP contribution in [0.25, 0.3) is 0 Å². The number of allylic oxidation sites excluding steroid dienone is 1. The molecule has 8 atom stereocenters. The van der Waals surface area contributed by atoms with Gasteiger partial charge in [0.1, 0.15) is 4.87 Å². The number of hydrogen-bond acceptors (Lipinski definition) is 1. The molecule has 0 bridgehead atoms. The second-order valence-corrected chi connectivity index (χ2v) is 17.8. The van der Waals surface area contributed by atoms with E-state index in [1.807, 2.05) is 0 Å². The molecule has 4 aliphatic rings. The highest BCUT2D eigenvalue weighted by Gasteiger charge is 2.61. The molecule has 1 N–H and O–H groups in total. The van der Waals surface area contributed by atoms with E-state index < -0.39 is 12.5 Å². The molecule has 8 heteroatoms. The predicted molar refractivity (Wildman–Crippen MR) is 153 cm³/mol. The molecule has 3 saturated carbocycles. The Hall–Kier alpha value is 1.73. The van der Waals surface area contributed by atoms with Crippen LogP contribution >= 0.6 is 81.2 Å². The molecule has 35 heavy (non-hydrogen) atoms. The Morgan fingerprint density at radius 2 is 1.60 bits per heavy atom. The van der Waals surface area contributed by atoms with Crippen LogP contribution in [0.1, 0.15) is 91.4 Å². The van der Waals surface area contributed by atoms with Crippen molar-refractivity contribution in [3.8, 4) is 0 Å². The van der Waals surface area contributed by atoms with Crippen molar-refractivity contribution in [3.63, 3.8) is 0 Å². The highest BCUT2D eigenvalue weighted by Crippen LogP contribution is 2.67. The molecule has 4 aliphatic carbocycles. The summed E-state index contributed by atoms with van der Waals surface area (Å²) in [4.78, 5) is -1.58. The minimum atomic E-state index is -1.88. The predicted octanol–water partition coefficient (Wildman–Crippen LogP) is 10.5. The van der Waals surface area contributed by atoms with Crippen molar-refractivity contribution < 1.29 is 5.11 Å². The Morgan fingerprint density at radius 1 is 0.943 bits per heavy atom. The van der Waals surface area contributed by atoms with E-state index in [0.29, 0.717) is 23.7 Å². The summed E-state index contributed by atoms with van der Waals surface area (Å²) in [5.41, 5.74) is 2.18. The number of rotatable bonds is 5. The Balaban J connectivity index is 1.43. The first-order valence-electron chi connectivity index (χ1n) is 13.2. The van der Waals surface area contributed by atoms with Crippen LogP contribution in [0.4, 0.5) is 0 Å². The van der Waals surface area contributed by atoms with E-state index in [9.17, 15) is 5.11 Å². The van der Waals surface area contributed by atoms with Crippen molar-refractivity contribution in [1.82, 2.24) is 0 Å². The van der Waals surface area contributed by atoms with E-state index in [1.54, 1.807) is 0 Å². The van der Waals surface area contributed by atoms with E-state index in [0.717, 1.165) is 49.9 Å². The highest BCUT2D eigenvalue weighted by atomic mass is 35.6. The third-order valence-corrected chi connectivity index (χ3v) is 14.2. The summed E-state index contributed by atoms with van der Waals surface area (Å²) in [5, 5.41) is 10.3. The summed E-state index contributed by atoms with van der Waals surface area (Å²) in [6.45, 7) is 7.42. The van der Waals surface area contributed by atoms with E-state index in [1.165, 1.54) is 37.7 Å². The zero-order valence-corrected chi connectivity index (χ0v) is 26.2. The molecule has 0 aromatic carbocycles. The zero-order valence-electron chi connectivity index (χ0n) is 20.9. The van der Waals surface area contributed by atoms with Crippen molar-refractivity contribution in [2.24, 2.45) is 40.4 Å². The molecule has 0 aromatic rings. The fourth-order valence-electron chi connectivity index (χ4n) is 8.93. The molecular weight excluding hydrogens is 588 g/mol. The molecule has 3 fully saturated rings. The van der Waals surface area contributed by atoms with E-state index in [-0.39, 0.29) is 11.5 Å². The summed E-state index contributed by atoms with van der Waals surface area (Å²) < 4.78 is -3.77. The first-order valence-corrected chi connectivity index (χ1v) is 15.9. The second kappa shape index (κ2) is 10.3. The molecule has 0 spiro atoms. The van der Waals surface area contributed by atoms with Gasteiger partial charge in [0.15, 0.2) is 0 Å². The van der Waals surface area contributed by atoms with E-state index >= 15 is 0 Å². The van der Waals surface area contributed by atoms with Crippen LogP contribution < -0.4 is 0 Å². The minimum Gasteiger partial charge on any atom is -0.393 e. The lowest BCUT2D eigenvalue weighted by atomic mass is 9.47. The van der Waals surface area contributed by atoms with E-state index in [2.05, 4.69) is 26.8 Å². The van der Waals surface area contributed by atoms with Crippen LogP contribution in [-0.2, 0) is 0 Å². The van der Waals surface area contributed by atoms with Gasteiger partial charge in [0.2, 0.25) is 7.59 Å². The lowest BCUT2D eigenvalue weighted by Crippen LogP contribution is -2.51. The van der Waals surface area contributed by atoms with Gasteiger partial charge in [-0.1, -0.05) is 115 Å². The Bertz CT molecular complexity index is 803. The largest absolute Gasteiger partial charge is 0.393 e. The van der Waals surface area contributed by atoms with Gasteiger partial charge >= 0.3 is 0 Å². The van der Waals surface area contributed by atoms with Gasteiger partial charge in [-0.3, -0.25) is 0 Å². The van der Waals surface area contributed by atoms with Gasteiger partial charge in [0, 0.05) is 0 Å². The fourth-order valence-corrected chi connectivity index (χ4v) is 10.9. The van der Waals surface area contributed by atoms with Crippen LogP contribution in [0.5, 0.6) is 0 Å². The number of hydrogen-bond donors (Lipinski definition) is 1. The molecule has 0 radical (unpaired) electrons. The molecule has 0 unspecified atom stereocenters. The Labute approximate surface area is 246 Å².